The van der Waals surface area contributed by atoms with Crippen LogP contribution in [0.25, 0.3) is 0 Å². The van der Waals surface area contributed by atoms with Crippen molar-refractivity contribution >= 4 is 17.8 Å². The van der Waals surface area contributed by atoms with Gasteiger partial charge < -0.3 is 21.7 Å². The van der Waals surface area contributed by atoms with Crippen LogP contribution in [0.15, 0.2) is 12.2 Å². The lowest BCUT2D eigenvalue weighted by Crippen LogP contribution is -2.87. The smallest absolute Gasteiger partial charge is 0.339 e. The normalized spacial score (nSPS) is 12.6. The molecule has 9 heteroatoms. The Morgan fingerprint density at radius 2 is 0.940 bits per heavy atom. The molecular weight excluding hydrogens is 622 g/mol. The van der Waals surface area contributed by atoms with Crippen molar-refractivity contribution in [2.75, 3.05) is 26.2 Å². The summed E-state index contributed by atoms with van der Waals surface area (Å²) in [6.45, 7) is 6.54. The van der Waals surface area contributed by atoms with Crippen molar-refractivity contribution in [3.8, 4) is 0 Å². The number of nitrogens with two attached hydrogens (primary N) is 2. The molecule has 0 heterocycles. The number of carbonyl (C=O) groups excluding carboxylic acids is 2. The number of allylic oxidation sites excluding steroid dienone is 2. The molecule has 0 bridgehead atoms. The molecule has 0 saturated heterocycles. The molecule has 294 valence electrons. The first-order valence-corrected chi connectivity index (χ1v) is 21.3. The number of rotatable bonds is 37. The van der Waals surface area contributed by atoms with Gasteiger partial charge in [0.1, 0.15) is 6.54 Å². The summed E-state index contributed by atoms with van der Waals surface area (Å²) in [6.07, 6.45) is 41.1. The molecule has 0 rings (SSSR count). The SMILES string of the molecule is CCCCCCCC/C=C\CCCCCCCCN(CCCCCCCCCCCCCCCC)C(=O)C([NH3+])CNC(=O)C([NH3+])C[NH+]=C(N)N. The van der Waals surface area contributed by atoms with Gasteiger partial charge in [-0.3, -0.25) is 26.0 Å². The summed E-state index contributed by atoms with van der Waals surface area (Å²) in [4.78, 5) is 30.6. The molecular formula is C41H86N7O2+3. The Morgan fingerprint density at radius 1 is 0.580 bits per heavy atom. The van der Waals surface area contributed by atoms with Crippen LogP contribution in [-0.2, 0) is 9.59 Å². The van der Waals surface area contributed by atoms with Crippen LogP contribution in [0.4, 0.5) is 0 Å². The maximum absolute atomic E-state index is 13.4. The maximum atomic E-state index is 13.4. The second-order valence-electron chi connectivity index (χ2n) is 14.8. The van der Waals surface area contributed by atoms with E-state index in [2.05, 4.69) is 47.8 Å². The van der Waals surface area contributed by atoms with Crippen LogP contribution >= 0.6 is 0 Å². The van der Waals surface area contributed by atoms with Crippen molar-refractivity contribution in [3.63, 3.8) is 0 Å². The van der Waals surface area contributed by atoms with E-state index >= 15 is 0 Å². The fourth-order valence-corrected chi connectivity index (χ4v) is 6.43. The third kappa shape index (κ3) is 31.8. The van der Waals surface area contributed by atoms with E-state index in [0.29, 0.717) is 0 Å². The summed E-state index contributed by atoms with van der Waals surface area (Å²) in [5.74, 6) is -0.153. The molecule has 0 spiro atoms. The van der Waals surface area contributed by atoms with E-state index in [1.807, 2.05) is 4.90 Å². The van der Waals surface area contributed by atoms with Gasteiger partial charge in [0, 0.05) is 13.1 Å². The van der Waals surface area contributed by atoms with Gasteiger partial charge in [-0.05, 0) is 38.5 Å². The zero-order valence-corrected chi connectivity index (χ0v) is 33.3. The molecule has 2 unspecified atom stereocenters. The van der Waals surface area contributed by atoms with Crippen molar-refractivity contribution in [3.05, 3.63) is 12.2 Å². The summed E-state index contributed by atoms with van der Waals surface area (Å²) < 4.78 is 0. The molecule has 0 saturated carbocycles. The molecule has 0 aliphatic rings. The highest BCUT2D eigenvalue weighted by Gasteiger charge is 2.26. The van der Waals surface area contributed by atoms with E-state index in [0.717, 1.165) is 38.8 Å². The average molecular weight is 709 g/mol. The topological polar surface area (TPSA) is 171 Å². The quantitative estimate of drug-likeness (QED) is 0.0231. The van der Waals surface area contributed by atoms with Gasteiger partial charge in [0.15, 0.2) is 12.1 Å². The fourth-order valence-electron chi connectivity index (χ4n) is 6.43. The summed E-state index contributed by atoms with van der Waals surface area (Å²) >= 11 is 0. The number of nitrogens with zero attached hydrogens (tertiary/aromatic N) is 1. The van der Waals surface area contributed by atoms with Gasteiger partial charge in [0.2, 0.25) is 0 Å². The molecule has 0 radical (unpaired) electrons. The van der Waals surface area contributed by atoms with Gasteiger partial charge in [-0.1, -0.05) is 167 Å². The van der Waals surface area contributed by atoms with E-state index < -0.39 is 12.1 Å². The van der Waals surface area contributed by atoms with Gasteiger partial charge in [0.05, 0.1) is 6.54 Å². The number of hydrogen-bond acceptors (Lipinski definition) is 2. The Hall–Kier alpha value is -2.13. The van der Waals surface area contributed by atoms with Crippen molar-refractivity contribution < 1.29 is 26.0 Å². The lowest BCUT2D eigenvalue weighted by molar-refractivity contribution is -0.525. The second-order valence-corrected chi connectivity index (χ2v) is 14.8. The molecule has 0 aliphatic carbocycles. The first-order chi connectivity index (χ1) is 24.3. The molecule has 12 N–H and O–H groups in total. The van der Waals surface area contributed by atoms with E-state index in [-0.39, 0.29) is 30.9 Å². The van der Waals surface area contributed by atoms with Crippen LogP contribution in [0.2, 0.25) is 0 Å². The third-order valence-corrected chi connectivity index (χ3v) is 9.83. The highest BCUT2D eigenvalue weighted by atomic mass is 16.2. The molecule has 0 aromatic heterocycles. The third-order valence-electron chi connectivity index (χ3n) is 9.83. The summed E-state index contributed by atoms with van der Waals surface area (Å²) in [5, 5.41) is 2.84. The minimum absolute atomic E-state index is 0.0333. The summed E-state index contributed by atoms with van der Waals surface area (Å²) in [7, 11) is 0. The molecule has 2 amide bonds. The minimum atomic E-state index is -0.563. The van der Waals surface area contributed by atoms with Gasteiger partial charge >= 0.3 is 5.96 Å². The zero-order valence-electron chi connectivity index (χ0n) is 33.3. The number of guanidine groups is 1. The largest absolute Gasteiger partial charge is 0.346 e. The summed E-state index contributed by atoms with van der Waals surface area (Å²) in [5.41, 5.74) is 18.8. The first kappa shape index (κ1) is 47.9. The second kappa shape index (κ2) is 36.7. The molecule has 9 nitrogen and oxygen atoms in total. The Morgan fingerprint density at radius 3 is 1.32 bits per heavy atom. The Bertz CT molecular complexity index is 832. The number of nitrogens with one attached hydrogen (secondary N) is 2. The van der Waals surface area contributed by atoms with Gasteiger partial charge in [-0.2, -0.15) is 0 Å². The lowest BCUT2D eigenvalue weighted by Gasteiger charge is -2.24. The van der Waals surface area contributed by atoms with Crippen molar-refractivity contribution in [1.29, 1.82) is 0 Å². The van der Waals surface area contributed by atoms with E-state index in [4.69, 9.17) is 11.5 Å². The molecule has 0 aliphatic heterocycles. The van der Waals surface area contributed by atoms with Crippen LogP contribution < -0.4 is 33.2 Å². The monoisotopic (exact) mass is 709 g/mol. The van der Waals surface area contributed by atoms with Crippen LogP contribution in [0, 0.1) is 0 Å². The van der Waals surface area contributed by atoms with Gasteiger partial charge in [0.25, 0.3) is 11.8 Å². The Labute approximate surface area is 309 Å². The van der Waals surface area contributed by atoms with Crippen LogP contribution in [-0.4, -0.2) is 60.9 Å². The van der Waals surface area contributed by atoms with Gasteiger partial charge in [-0.25, -0.2) is 0 Å². The van der Waals surface area contributed by atoms with Crippen LogP contribution in [0.3, 0.4) is 0 Å². The summed E-state index contributed by atoms with van der Waals surface area (Å²) in [6, 6.07) is -1.09. The fraction of sp³-hybridized carbons (Fsp3) is 0.878. The molecule has 50 heavy (non-hydrogen) atoms. The number of hydrogen-bond donors (Lipinski definition) is 6. The van der Waals surface area contributed by atoms with E-state index in [9.17, 15) is 9.59 Å². The first-order valence-electron chi connectivity index (χ1n) is 21.3. The van der Waals surface area contributed by atoms with E-state index in [1.54, 1.807) is 0 Å². The lowest BCUT2D eigenvalue weighted by atomic mass is 10.0. The highest BCUT2D eigenvalue weighted by molar-refractivity contribution is 5.83. The number of quaternary nitrogens is 2. The van der Waals surface area contributed by atoms with Crippen LogP contribution in [0.1, 0.15) is 194 Å². The molecule has 0 aromatic rings. The minimum Gasteiger partial charge on any atom is -0.346 e. The zero-order chi connectivity index (χ0) is 36.9. The van der Waals surface area contributed by atoms with Crippen molar-refractivity contribution in [2.45, 2.75) is 206 Å². The standard InChI is InChI=1S/C41H83N7O2/c1-3-5-7-9-11-13-15-17-19-20-22-24-26-28-30-32-34-48(40(50)38(43)36-46-39(49)37(42)35-47-41(44)45)33-31-29-27-25-23-21-18-16-14-12-10-8-6-4-2/h17,19,37-38H,3-16,18,20-36,42-43H2,1-2H3,(H,46,49)(H4,44,45,47)/p+3/b19-17-. The molecule has 2 atom stereocenters. The van der Waals surface area contributed by atoms with Gasteiger partial charge in [-0.15, -0.1) is 0 Å². The van der Waals surface area contributed by atoms with Crippen LogP contribution in [0.5, 0.6) is 0 Å². The van der Waals surface area contributed by atoms with E-state index in [1.165, 1.54) is 154 Å². The number of amides is 2. The van der Waals surface area contributed by atoms with Crippen molar-refractivity contribution in [1.82, 2.24) is 10.2 Å². The van der Waals surface area contributed by atoms with Crippen molar-refractivity contribution in [2.24, 2.45) is 11.5 Å². The predicted molar refractivity (Wildman–Crippen MR) is 212 cm³/mol. The molecule has 0 fully saturated rings. The maximum Gasteiger partial charge on any atom is 0.339 e. The number of carbonyl (C=O) groups is 2. The predicted octanol–water partition coefficient (Wildman–Crippen LogP) is 5.03. The number of unbranched alkanes of at least 4 members (excludes halogenated alkanes) is 25. The Kier molecular flexibility index (Phi) is 35.1. The average Bonchev–Trinajstić information content (AvgIpc) is 3.11. The Balaban J connectivity index is 4.39. The molecule has 0 aromatic carbocycles. The highest BCUT2D eigenvalue weighted by Crippen LogP contribution is 2.14.